The summed E-state index contributed by atoms with van der Waals surface area (Å²) in [5.74, 6) is 2.70. The molecule has 5 aliphatic rings. The van der Waals surface area contributed by atoms with Crippen molar-refractivity contribution >= 4 is 15.8 Å². The molecule has 0 saturated heterocycles. The van der Waals surface area contributed by atoms with Crippen LogP contribution < -0.4 is 4.72 Å². The Kier molecular flexibility index (Phi) is 7.82. The molecule has 5 fully saturated rings. The SMILES string of the molecule is C=C(C1CCC(C(=O)C2(O)CC2)CC1)C1CCC(C2CCCC(NS(=O)(=O)C3CCCC3)C2)CC1. The molecular weight excluding hydrogens is 458 g/mol. The van der Waals surface area contributed by atoms with Crippen molar-refractivity contribution in [1.82, 2.24) is 4.72 Å². The Balaban J connectivity index is 1.06. The van der Waals surface area contributed by atoms with E-state index in [9.17, 15) is 18.3 Å². The molecule has 2 N–H and O–H groups in total. The van der Waals surface area contributed by atoms with Crippen LogP contribution in [0.15, 0.2) is 12.2 Å². The molecule has 0 heterocycles. The maximum Gasteiger partial charge on any atom is 0.214 e. The second-order valence-corrected chi connectivity index (χ2v) is 14.8. The van der Waals surface area contributed by atoms with Gasteiger partial charge in [0.25, 0.3) is 0 Å². The molecule has 0 radical (unpaired) electrons. The van der Waals surface area contributed by atoms with Crippen LogP contribution in [0.3, 0.4) is 0 Å². The van der Waals surface area contributed by atoms with Crippen molar-refractivity contribution in [2.24, 2.45) is 29.6 Å². The zero-order chi connectivity index (χ0) is 24.6. The van der Waals surface area contributed by atoms with Gasteiger partial charge in [0, 0.05) is 12.0 Å². The summed E-state index contributed by atoms with van der Waals surface area (Å²) in [6, 6.07) is 0.138. The molecule has 6 heteroatoms. The summed E-state index contributed by atoms with van der Waals surface area (Å²) in [5.41, 5.74) is 0.451. The minimum atomic E-state index is -3.16. The van der Waals surface area contributed by atoms with Crippen LogP contribution in [0.25, 0.3) is 0 Å². The average molecular weight is 506 g/mol. The Morgan fingerprint density at radius 3 is 1.91 bits per heavy atom. The molecule has 5 rings (SSSR count). The Hall–Kier alpha value is -0.720. The lowest BCUT2D eigenvalue weighted by molar-refractivity contribution is -0.134. The zero-order valence-electron chi connectivity index (χ0n) is 21.6. The predicted octanol–water partition coefficient (Wildman–Crippen LogP) is 5.67. The van der Waals surface area contributed by atoms with Crippen molar-refractivity contribution in [3.8, 4) is 0 Å². The number of hydrogen-bond donors (Lipinski definition) is 2. The molecule has 0 aromatic heterocycles. The maximum atomic E-state index is 12.8. The lowest BCUT2D eigenvalue weighted by Crippen LogP contribution is -2.43. The Labute approximate surface area is 213 Å². The van der Waals surface area contributed by atoms with Crippen LogP contribution >= 0.6 is 0 Å². The van der Waals surface area contributed by atoms with Crippen LogP contribution in [0.4, 0.5) is 0 Å². The number of aliphatic hydroxyl groups is 1. The van der Waals surface area contributed by atoms with Crippen molar-refractivity contribution in [2.75, 3.05) is 0 Å². The topological polar surface area (TPSA) is 83.5 Å². The summed E-state index contributed by atoms with van der Waals surface area (Å²) < 4.78 is 28.7. The monoisotopic (exact) mass is 505 g/mol. The molecule has 0 bridgehead atoms. The number of sulfonamides is 1. The van der Waals surface area contributed by atoms with Gasteiger partial charge in [-0.2, -0.15) is 0 Å². The van der Waals surface area contributed by atoms with E-state index in [1.807, 2.05) is 0 Å². The van der Waals surface area contributed by atoms with Gasteiger partial charge >= 0.3 is 0 Å². The van der Waals surface area contributed by atoms with Crippen molar-refractivity contribution in [3.05, 3.63) is 12.2 Å². The highest BCUT2D eigenvalue weighted by atomic mass is 32.2. The minimum absolute atomic E-state index is 0.0626. The van der Waals surface area contributed by atoms with Crippen LogP contribution in [-0.4, -0.2) is 36.2 Å². The molecule has 5 saturated carbocycles. The van der Waals surface area contributed by atoms with Gasteiger partial charge in [0.1, 0.15) is 5.60 Å². The highest BCUT2D eigenvalue weighted by molar-refractivity contribution is 7.90. The maximum absolute atomic E-state index is 12.8. The summed E-state index contributed by atoms with van der Waals surface area (Å²) in [6.07, 6.45) is 18.4. The molecule has 0 aliphatic heterocycles. The number of hydrogen-bond acceptors (Lipinski definition) is 4. The van der Waals surface area contributed by atoms with Gasteiger partial charge in [0.05, 0.1) is 5.25 Å². The van der Waals surface area contributed by atoms with Crippen LogP contribution in [0.1, 0.15) is 116 Å². The summed E-state index contributed by atoms with van der Waals surface area (Å²) in [6.45, 7) is 4.55. The molecule has 2 atom stereocenters. The van der Waals surface area contributed by atoms with Gasteiger partial charge in [-0.05, 0) is 114 Å². The molecule has 0 aromatic rings. The Bertz CT molecular complexity index is 872. The molecule has 5 nitrogen and oxygen atoms in total. The quantitative estimate of drug-likeness (QED) is 0.416. The van der Waals surface area contributed by atoms with Gasteiger partial charge in [-0.25, -0.2) is 13.1 Å². The third-order valence-corrected chi connectivity index (χ3v) is 12.6. The zero-order valence-corrected chi connectivity index (χ0v) is 22.4. The lowest BCUT2D eigenvalue weighted by Gasteiger charge is -2.40. The van der Waals surface area contributed by atoms with Crippen LogP contribution in [0.5, 0.6) is 0 Å². The number of carbonyl (C=O) groups excluding carboxylic acids is 1. The fourth-order valence-electron chi connectivity index (χ4n) is 8.06. The van der Waals surface area contributed by atoms with E-state index in [0.717, 1.165) is 76.5 Å². The summed E-state index contributed by atoms with van der Waals surface area (Å²) >= 11 is 0. The van der Waals surface area contributed by atoms with Crippen LogP contribution in [0, 0.1) is 29.6 Å². The average Bonchev–Trinajstić information content (AvgIpc) is 3.37. The number of Topliss-reactive ketones (excluding diaryl/α,β-unsaturated/α-hetero) is 1. The molecule has 0 spiro atoms. The number of ketones is 1. The second-order valence-electron chi connectivity index (χ2n) is 12.8. The van der Waals surface area contributed by atoms with E-state index in [0.29, 0.717) is 30.6 Å². The van der Waals surface area contributed by atoms with E-state index < -0.39 is 15.6 Å². The van der Waals surface area contributed by atoms with E-state index >= 15 is 0 Å². The van der Waals surface area contributed by atoms with E-state index in [-0.39, 0.29) is 23.0 Å². The predicted molar refractivity (Wildman–Crippen MR) is 139 cm³/mol. The molecule has 198 valence electrons. The fraction of sp³-hybridized carbons (Fsp3) is 0.897. The Morgan fingerprint density at radius 1 is 0.743 bits per heavy atom. The number of carbonyl (C=O) groups is 1. The van der Waals surface area contributed by atoms with Gasteiger partial charge in [0.2, 0.25) is 10.0 Å². The standard InChI is InChI=1S/C29H47NO4S/c1-20(22-11-15-24(16-12-22)28(31)29(32)17-18-29)21-9-13-23(14-10-21)25-5-4-6-26(19-25)30-35(33,34)27-7-2-3-8-27/h21-27,30,32H,1-19H2. The van der Waals surface area contributed by atoms with Gasteiger partial charge in [-0.15, -0.1) is 0 Å². The first-order valence-electron chi connectivity index (χ1n) is 14.7. The largest absolute Gasteiger partial charge is 0.382 e. The summed E-state index contributed by atoms with van der Waals surface area (Å²) in [4.78, 5) is 12.5. The Morgan fingerprint density at radius 2 is 1.31 bits per heavy atom. The highest BCUT2D eigenvalue weighted by Gasteiger charge is 2.50. The van der Waals surface area contributed by atoms with Gasteiger partial charge < -0.3 is 5.11 Å². The van der Waals surface area contributed by atoms with Crippen molar-refractivity contribution in [2.45, 2.75) is 132 Å². The fourth-order valence-corrected chi connectivity index (χ4v) is 9.88. The van der Waals surface area contributed by atoms with Gasteiger partial charge in [-0.3, -0.25) is 4.79 Å². The number of nitrogens with one attached hydrogen (secondary N) is 1. The van der Waals surface area contributed by atoms with Gasteiger partial charge in [0.15, 0.2) is 5.78 Å². The summed E-state index contributed by atoms with van der Waals surface area (Å²) in [7, 11) is -3.16. The number of allylic oxidation sites excluding steroid dienone is 1. The smallest absolute Gasteiger partial charge is 0.214 e. The normalized spacial score (nSPS) is 38.2. The molecule has 5 aliphatic carbocycles. The van der Waals surface area contributed by atoms with Crippen molar-refractivity contribution in [1.29, 1.82) is 0 Å². The van der Waals surface area contributed by atoms with Crippen molar-refractivity contribution in [3.63, 3.8) is 0 Å². The first kappa shape index (κ1) is 25.9. The van der Waals surface area contributed by atoms with E-state index in [1.54, 1.807) is 0 Å². The number of rotatable bonds is 8. The van der Waals surface area contributed by atoms with E-state index in [2.05, 4.69) is 11.3 Å². The van der Waals surface area contributed by atoms with Crippen LogP contribution in [-0.2, 0) is 14.8 Å². The molecule has 2 unspecified atom stereocenters. The lowest BCUT2D eigenvalue weighted by atomic mass is 9.66. The molecular formula is C29H47NO4S. The molecule has 0 amide bonds. The molecule has 35 heavy (non-hydrogen) atoms. The first-order chi connectivity index (χ1) is 16.7. The third kappa shape index (κ3) is 5.90. The minimum Gasteiger partial charge on any atom is -0.382 e. The van der Waals surface area contributed by atoms with Gasteiger partial charge in [-0.1, -0.05) is 37.8 Å². The van der Waals surface area contributed by atoms with E-state index in [4.69, 9.17) is 0 Å². The van der Waals surface area contributed by atoms with Crippen LogP contribution in [0.2, 0.25) is 0 Å². The van der Waals surface area contributed by atoms with E-state index in [1.165, 1.54) is 37.7 Å². The first-order valence-corrected chi connectivity index (χ1v) is 16.3. The molecule has 0 aromatic carbocycles. The summed E-state index contributed by atoms with van der Waals surface area (Å²) in [5, 5.41) is 10.0. The highest BCUT2D eigenvalue weighted by Crippen LogP contribution is 2.47. The van der Waals surface area contributed by atoms with Crippen molar-refractivity contribution < 1.29 is 18.3 Å². The third-order valence-electron chi connectivity index (χ3n) is 10.6. The second kappa shape index (κ2) is 10.6.